The Hall–Kier alpha value is -3.22. The van der Waals surface area contributed by atoms with Gasteiger partial charge < -0.3 is 4.74 Å². The van der Waals surface area contributed by atoms with Crippen molar-refractivity contribution in [2.45, 2.75) is 6.92 Å². The number of non-ortho nitro benzene ring substituents is 1. The van der Waals surface area contributed by atoms with Crippen LogP contribution in [0.4, 0.5) is 5.69 Å². The molecule has 2 aromatic rings. The molecule has 0 saturated carbocycles. The van der Waals surface area contributed by atoms with Gasteiger partial charge >= 0.3 is 0 Å². The number of nitro benzene ring substituents is 1. The van der Waals surface area contributed by atoms with Gasteiger partial charge in [-0.3, -0.25) is 14.9 Å². The smallest absolute Gasteiger partial charge is 0.271 e. The van der Waals surface area contributed by atoms with Crippen LogP contribution in [-0.4, -0.2) is 23.7 Å². The number of carbonyl (C=O) groups is 1. The van der Waals surface area contributed by atoms with E-state index < -0.39 is 4.92 Å². The molecule has 0 radical (unpaired) electrons. The van der Waals surface area contributed by atoms with Crippen LogP contribution in [0.2, 0.25) is 0 Å². The van der Waals surface area contributed by atoms with Gasteiger partial charge in [0, 0.05) is 17.7 Å². The van der Waals surface area contributed by atoms with Gasteiger partial charge in [-0.25, -0.2) is 5.43 Å². The highest BCUT2D eigenvalue weighted by molar-refractivity contribution is 6.01. The fourth-order valence-electron chi connectivity index (χ4n) is 1.85. The van der Waals surface area contributed by atoms with Crippen LogP contribution in [-0.2, 0) is 0 Å². The first kappa shape index (κ1) is 16.2. The Kier molecular flexibility index (Phi) is 5.03. The van der Waals surface area contributed by atoms with Crippen molar-refractivity contribution in [3.8, 4) is 5.75 Å². The fourth-order valence-corrected chi connectivity index (χ4v) is 1.85. The summed E-state index contributed by atoms with van der Waals surface area (Å²) in [5.41, 5.74) is 4.09. The summed E-state index contributed by atoms with van der Waals surface area (Å²) in [6, 6.07) is 12.6. The zero-order valence-corrected chi connectivity index (χ0v) is 12.6. The van der Waals surface area contributed by atoms with E-state index in [9.17, 15) is 14.9 Å². The molecule has 1 N–H and O–H groups in total. The Balaban J connectivity index is 2.08. The van der Waals surface area contributed by atoms with E-state index in [0.29, 0.717) is 22.6 Å². The third-order valence-electron chi connectivity index (χ3n) is 3.15. The summed E-state index contributed by atoms with van der Waals surface area (Å²) in [6.07, 6.45) is 0. The lowest BCUT2D eigenvalue weighted by atomic mass is 10.1. The normalized spacial score (nSPS) is 11.0. The number of hydrazone groups is 1. The molecule has 0 bridgehead atoms. The highest BCUT2D eigenvalue weighted by Crippen LogP contribution is 2.13. The number of nitro groups is 1. The SMILES string of the molecule is COc1cccc(C(=O)N/N=C(\C)c2ccc([N+](=O)[O-])cc2)c1. The van der Waals surface area contributed by atoms with Crippen LogP contribution in [0.1, 0.15) is 22.8 Å². The Morgan fingerprint density at radius 2 is 1.87 bits per heavy atom. The largest absolute Gasteiger partial charge is 0.497 e. The van der Waals surface area contributed by atoms with E-state index >= 15 is 0 Å². The number of amides is 1. The van der Waals surface area contributed by atoms with Gasteiger partial charge in [0.25, 0.3) is 11.6 Å². The van der Waals surface area contributed by atoms with Crippen LogP contribution in [0.25, 0.3) is 0 Å². The molecular formula is C16H15N3O4. The number of ether oxygens (including phenoxy) is 1. The van der Waals surface area contributed by atoms with Gasteiger partial charge in [-0.1, -0.05) is 6.07 Å². The van der Waals surface area contributed by atoms with E-state index in [4.69, 9.17) is 4.74 Å². The Labute approximate surface area is 132 Å². The van der Waals surface area contributed by atoms with Gasteiger partial charge in [0.1, 0.15) is 5.75 Å². The number of methoxy groups -OCH3 is 1. The summed E-state index contributed by atoms with van der Waals surface area (Å²) in [5, 5.41) is 14.6. The average Bonchev–Trinajstić information content (AvgIpc) is 2.59. The van der Waals surface area contributed by atoms with E-state index in [1.54, 1.807) is 43.3 Å². The highest BCUT2D eigenvalue weighted by atomic mass is 16.6. The molecular weight excluding hydrogens is 298 g/mol. The number of hydrogen-bond donors (Lipinski definition) is 1. The van der Waals surface area contributed by atoms with Crippen LogP contribution in [0.5, 0.6) is 5.75 Å². The zero-order chi connectivity index (χ0) is 16.8. The molecule has 23 heavy (non-hydrogen) atoms. The van der Waals surface area contributed by atoms with Gasteiger partial charge in [-0.2, -0.15) is 5.10 Å². The van der Waals surface area contributed by atoms with E-state index in [-0.39, 0.29) is 11.6 Å². The van der Waals surface area contributed by atoms with Crippen molar-refractivity contribution < 1.29 is 14.5 Å². The maximum Gasteiger partial charge on any atom is 0.271 e. The van der Waals surface area contributed by atoms with Crippen molar-refractivity contribution in [3.05, 3.63) is 69.8 Å². The Morgan fingerprint density at radius 3 is 2.48 bits per heavy atom. The topological polar surface area (TPSA) is 93.8 Å². The van der Waals surface area contributed by atoms with Crippen molar-refractivity contribution in [2.75, 3.05) is 7.11 Å². The lowest BCUT2D eigenvalue weighted by molar-refractivity contribution is -0.384. The van der Waals surface area contributed by atoms with Crippen molar-refractivity contribution >= 4 is 17.3 Å². The van der Waals surface area contributed by atoms with Gasteiger partial charge in [-0.15, -0.1) is 0 Å². The summed E-state index contributed by atoms with van der Waals surface area (Å²) in [6.45, 7) is 1.70. The summed E-state index contributed by atoms with van der Waals surface area (Å²) < 4.78 is 5.06. The minimum Gasteiger partial charge on any atom is -0.497 e. The first-order valence-electron chi connectivity index (χ1n) is 6.75. The third-order valence-corrected chi connectivity index (χ3v) is 3.15. The van der Waals surface area contributed by atoms with Gasteiger partial charge in [0.15, 0.2) is 0 Å². The van der Waals surface area contributed by atoms with Gasteiger partial charge in [0.2, 0.25) is 0 Å². The van der Waals surface area contributed by atoms with Crippen molar-refractivity contribution in [1.29, 1.82) is 0 Å². The minimum atomic E-state index is -0.471. The van der Waals surface area contributed by atoms with Crippen molar-refractivity contribution in [3.63, 3.8) is 0 Å². The molecule has 2 rings (SSSR count). The quantitative estimate of drug-likeness (QED) is 0.521. The molecule has 0 fully saturated rings. The van der Waals surface area contributed by atoms with E-state index in [2.05, 4.69) is 10.5 Å². The molecule has 118 valence electrons. The summed E-state index contributed by atoms with van der Waals surface area (Å²) in [4.78, 5) is 22.2. The second-order valence-electron chi connectivity index (χ2n) is 4.67. The molecule has 0 unspecified atom stereocenters. The van der Waals surface area contributed by atoms with Crippen molar-refractivity contribution in [1.82, 2.24) is 5.43 Å². The summed E-state index contributed by atoms with van der Waals surface area (Å²) in [5.74, 6) is 0.207. The minimum absolute atomic E-state index is 0.00182. The second-order valence-corrected chi connectivity index (χ2v) is 4.67. The molecule has 7 heteroatoms. The Morgan fingerprint density at radius 1 is 1.17 bits per heavy atom. The molecule has 0 aromatic heterocycles. The first-order valence-corrected chi connectivity index (χ1v) is 6.75. The number of hydrogen-bond acceptors (Lipinski definition) is 5. The van der Waals surface area contributed by atoms with E-state index in [0.717, 1.165) is 0 Å². The van der Waals surface area contributed by atoms with Gasteiger partial charge in [-0.05, 0) is 42.8 Å². The number of nitrogens with zero attached hydrogens (tertiary/aromatic N) is 2. The highest BCUT2D eigenvalue weighted by Gasteiger charge is 2.08. The predicted molar refractivity (Wildman–Crippen MR) is 85.8 cm³/mol. The molecule has 0 aliphatic heterocycles. The second kappa shape index (κ2) is 7.17. The number of benzene rings is 2. The Bertz CT molecular complexity index is 754. The van der Waals surface area contributed by atoms with Crippen LogP contribution >= 0.6 is 0 Å². The zero-order valence-electron chi connectivity index (χ0n) is 12.6. The fraction of sp³-hybridized carbons (Fsp3) is 0.125. The molecule has 0 aliphatic carbocycles. The van der Waals surface area contributed by atoms with Gasteiger partial charge in [0.05, 0.1) is 17.7 Å². The summed E-state index contributed by atoms with van der Waals surface area (Å²) >= 11 is 0. The lowest BCUT2D eigenvalue weighted by Gasteiger charge is -2.05. The summed E-state index contributed by atoms with van der Waals surface area (Å²) in [7, 11) is 1.52. The molecule has 0 saturated heterocycles. The molecule has 7 nitrogen and oxygen atoms in total. The predicted octanol–water partition coefficient (Wildman–Crippen LogP) is 2.76. The third kappa shape index (κ3) is 4.13. The molecule has 0 aliphatic rings. The first-order chi connectivity index (χ1) is 11.0. The van der Waals surface area contributed by atoms with Crippen LogP contribution in [0.3, 0.4) is 0 Å². The number of rotatable bonds is 5. The molecule has 0 spiro atoms. The molecule has 2 aromatic carbocycles. The van der Waals surface area contributed by atoms with Crippen LogP contribution in [0, 0.1) is 10.1 Å². The van der Waals surface area contributed by atoms with E-state index in [1.165, 1.54) is 19.2 Å². The van der Waals surface area contributed by atoms with Crippen molar-refractivity contribution in [2.24, 2.45) is 5.10 Å². The number of carbonyl (C=O) groups excluding carboxylic acids is 1. The molecule has 0 heterocycles. The monoisotopic (exact) mass is 313 g/mol. The van der Waals surface area contributed by atoms with Crippen LogP contribution in [0.15, 0.2) is 53.6 Å². The number of nitrogens with one attached hydrogen (secondary N) is 1. The molecule has 0 atom stereocenters. The maximum atomic E-state index is 12.0. The van der Waals surface area contributed by atoms with Crippen LogP contribution < -0.4 is 10.2 Å². The standard InChI is InChI=1S/C16H15N3O4/c1-11(12-6-8-14(9-7-12)19(21)22)17-18-16(20)13-4-3-5-15(10-13)23-2/h3-10H,1-2H3,(H,18,20)/b17-11+. The average molecular weight is 313 g/mol. The maximum absolute atomic E-state index is 12.0. The van der Waals surface area contributed by atoms with E-state index in [1.807, 2.05) is 0 Å². The molecule has 1 amide bonds. The lowest BCUT2D eigenvalue weighted by Crippen LogP contribution is -2.19.